The van der Waals surface area contributed by atoms with Gasteiger partial charge >= 0.3 is 6.61 Å². The first kappa shape index (κ1) is 15.0. The summed E-state index contributed by atoms with van der Waals surface area (Å²) in [7, 11) is 0. The van der Waals surface area contributed by atoms with Gasteiger partial charge in [-0.15, -0.1) is 0 Å². The zero-order valence-corrected chi connectivity index (χ0v) is 11.4. The molecule has 0 bridgehead atoms. The summed E-state index contributed by atoms with van der Waals surface area (Å²) in [5.41, 5.74) is 1.69. The molecule has 0 atom stereocenters. The lowest BCUT2D eigenvalue weighted by atomic mass is 10.1. The molecule has 1 amide bonds. The summed E-state index contributed by atoms with van der Waals surface area (Å²) >= 11 is 0. The summed E-state index contributed by atoms with van der Waals surface area (Å²) in [5.74, 6) is 0.148. The van der Waals surface area contributed by atoms with Gasteiger partial charge in [-0.05, 0) is 37.1 Å². The summed E-state index contributed by atoms with van der Waals surface area (Å²) in [5, 5.41) is 2.74. The monoisotopic (exact) mass is 295 g/mol. The fraction of sp³-hybridized carbons (Fsp3) is 0.267. The molecule has 0 spiro atoms. The van der Waals surface area contributed by atoms with Crippen LogP contribution in [0, 0.1) is 6.92 Å². The van der Waals surface area contributed by atoms with Crippen LogP contribution < -0.4 is 10.1 Å². The standard InChI is InChI=1S/C15H15F2NO3/c1-10-7-9-20-13(10)14(19)18-8-6-11-2-4-12(5-3-11)21-15(16)17/h2-5,7,9,15H,6,8H2,1H3,(H,18,19). The van der Waals surface area contributed by atoms with Crippen molar-refractivity contribution in [1.82, 2.24) is 5.32 Å². The average Bonchev–Trinajstić information content (AvgIpc) is 2.86. The largest absolute Gasteiger partial charge is 0.459 e. The number of hydrogen-bond donors (Lipinski definition) is 1. The summed E-state index contributed by atoms with van der Waals surface area (Å²) in [6.07, 6.45) is 2.05. The Morgan fingerprint density at radius 2 is 2.00 bits per heavy atom. The predicted molar refractivity (Wildman–Crippen MR) is 72.6 cm³/mol. The molecule has 2 rings (SSSR count). The molecular formula is C15H15F2NO3. The van der Waals surface area contributed by atoms with Crippen LogP contribution in [0.15, 0.2) is 41.0 Å². The molecule has 6 heteroatoms. The molecule has 0 fully saturated rings. The number of nitrogens with one attached hydrogen (secondary N) is 1. The van der Waals surface area contributed by atoms with Crippen LogP contribution in [0.3, 0.4) is 0 Å². The Kier molecular flexibility index (Phi) is 4.92. The fourth-order valence-electron chi connectivity index (χ4n) is 1.84. The van der Waals surface area contributed by atoms with E-state index in [0.29, 0.717) is 18.7 Å². The molecule has 0 radical (unpaired) electrons. The van der Waals surface area contributed by atoms with Gasteiger partial charge in [0.2, 0.25) is 0 Å². The van der Waals surface area contributed by atoms with Crippen LogP contribution in [0.1, 0.15) is 21.7 Å². The normalized spacial score (nSPS) is 10.7. The second-order valence-electron chi connectivity index (χ2n) is 4.46. The highest BCUT2D eigenvalue weighted by atomic mass is 19.3. The van der Waals surface area contributed by atoms with E-state index in [1.807, 2.05) is 0 Å². The fourth-order valence-corrected chi connectivity index (χ4v) is 1.84. The lowest BCUT2D eigenvalue weighted by Gasteiger charge is -2.07. The molecule has 1 aromatic heterocycles. The molecule has 21 heavy (non-hydrogen) atoms. The minimum absolute atomic E-state index is 0.115. The maximum Gasteiger partial charge on any atom is 0.387 e. The Bertz CT molecular complexity index is 593. The first-order valence-electron chi connectivity index (χ1n) is 6.42. The van der Waals surface area contributed by atoms with Crippen molar-refractivity contribution in [3.05, 3.63) is 53.5 Å². The number of hydrogen-bond acceptors (Lipinski definition) is 3. The van der Waals surface area contributed by atoms with Crippen molar-refractivity contribution in [2.75, 3.05) is 6.54 Å². The van der Waals surface area contributed by atoms with Gasteiger partial charge in [0.05, 0.1) is 6.26 Å². The van der Waals surface area contributed by atoms with Gasteiger partial charge in [-0.2, -0.15) is 8.78 Å². The number of ether oxygens (including phenoxy) is 1. The molecule has 0 saturated heterocycles. The molecule has 112 valence electrons. The highest BCUT2D eigenvalue weighted by Gasteiger charge is 2.11. The lowest BCUT2D eigenvalue weighted by molar-refractivity contribution is -0.0498. The van der Waals surface area contributed by atoms with Crippen LogP contribution >= 0.6 is 0 Å². The molecule has 0 unspecified atom stereocenters. The first-order chi connectivity index (χ1) is 10.1. The summed E-state index contributed by atoms with van der Waals surface area (Å²) in [4.78, 5) is 11.8. The Hall–Kier alpha value is -2.37. The molecule has 0 aliphatic rings. The van der Waals surface area contributed by atoms with E-state index >= 15 is 0 Å². The maximum atomic E-state index is 12.0. The molecule has 0 aliphatic carbocycles. The van der Waals surface area contributed by atoms with Crippen molar-refractivity contribution >= 4 is 5.91 Å². The quantitative estimate of drug-likeness (QED) is 0.890. The van der Waals surface area contributed by atoms with E-state index in [1.165, 1.54) is 18.4 Å². The van der Waals surface area contributed by atoms with Gasteiger partial charge < -0.3 is 14.5 Å². The number of furan rings is 1. The van der Waals surface area contributed by atoms with Crippen LogP contribution in [-0.4, -0.2) is 19.1 Å². The molecule has 4 nitrogen and oxygen atoms in total. The van der Waals surface area contributed by atoms with Gasteiger partial charge in [0.25, 0.3) is 5.91 Å². The van der Waals surface area contributed by atoms with E-state index < -0.39 is 6.61 Å². The van der Waals surface area contributed by atoms with E-state index in [2.05, 4.69) is 10.1 Å². The zero-order valence-electron chi connectivity index (χ0n) is 11.4. The third-order valence-electron chi connectivity index (χ3n) is 2.92. The van der Waals surface area contributed by atoms with Crippen LogP contribution in [0.25, 0.3) is 0 Å². The van der Waals surface area contributed by atoms with Crippen molar-refractivity contribution in [3.63, 3.8) is 0 Å². The predicted octanol–water partition coefficient (Wildman–Crippen LogP) is 3.16. The second-order valence-corrected chi connectivity index (χ2v) is 4.46. The number of halogens is 2. The molecular weight excluding hydrogens is 280 g/mol. The lowest BCUT2D eigenvalue weighted by Crippen LogP contribution is -2.25. The zero-order chi connectivity index (χ0) is 15.2. The van der Waals surface area contributed by atoms with Crippen LogP contribution in [0.4, 0.5) is 8.78 Å². The smallest absolute Gasteiger partial charge is 0.387 e. The number of rotatable bonds is 6. The van der Waals surface area contributed by atoms with Gasteiger partial charge in [-0.3, -0.25) is 4.79 Å². The Balaban J connectivity index is 1.81. The van der Waals surface area contributed by atoms with Crippen molar-refractivity contribution in [1.29, 1.82) is 0 Å². The Labute approximate surface area is 120 Å². The molecule has 1 aromatic carbocycles. The van der Waals surface area contributed by atoms with E-state index in [9.17, 15) is 13.6 Å². The van der Waals surface area contributed by atoms with Crippen molar-refractivity contribution in [2.45, 2.75) is 20.0 Å². The van der Waals surface area contributed by atoms with Crippen molar-refractivity contribution < 1.29 is 22.7 Å². The molecule has 2 aromatic rings. The number of carbonyl (C=O) groups is 1. The Morgan fingerprint density at radius 1 is 1.29 bits per heavy atom. The van der Waals surface area contributed by atoms with Gasteiger partial charge in [0.1, 0.15) is 5.75 Å². The SMILES string of the molecule is Cc1ccoc1C(=O)NCCc1ccc(OC(F)F)cc1. The maximum absolute atomic E-state index is 12.0. The van der Waals surface area contributed by atoms with Crippen molar-refractivity contribution in [3.8, 4) is 5.75 Å². The number of amides is 1. The summed E-state index contributed by atoms with van der Waals surface area (Å²) in [6.45, 7) is -0.611. The van der Waals surface area contributed by atoms with Crippen LogP contribution in [-0.2, 0) is 6.42 Å². The third kappa shape index (κ3) is 4.30. The van der Waals surface area contributed by atoms with Gasteiger partial charge in [-0.25, -0.2) is 0 Å². The summed E-state index contributed by atoms with van der Waals surface area (Å²) in [6, 6.07) is 8.03. The van der Waals surface area contributed by atoms with E-state index in [4.69, 9.17) is 4.42 Å². The third-order valence-corrected chi connectivity index (χ3v) is 2.92. The van der Waals surface area contributed by atoms with Gasteiger partial charge in [-0.1, -0.05) is 12.1 Å². The second kappa shape index (κ2) is 6.88. The number of aryl methyl sites for hydroxylation is 1. The van der Waals surface area contributed by atoms with Crippen LogP contribution in [0.5, 0.6) is 5.75 Å². The Morgan fingerprint density at radius 3 is 2.57 bits per heavy atom. The van der Waals surface area contributed by atoms with E-state index in [1.54, 1.807) is 25.1 Å². The topological polar surface area (TPSA) is 51.5 Å². The van der Waals surface area contributed by atoms with Crippen LogP contribution in [0.2, 0.25) is 0 Å². The van der Waals surface area contributed by atoms with E-state index in [-0.39, 0.29) is 11.7 Å². The van der Waals surface area contributed by atoms with Gasteiger partial charge in [0.15, 0.2) is 5.76 Å². The minimum atomic E-state index is -2.83. The molecule has 1 N–H and O–H groups in total. The highest BCUT2D eigenvalue weighted by molar-refractivity contribution is 5.92. The highest BCUT2D eigenvalue weighted by Crippen LogP contribution is 2.15. The molecule has 1 heterocycles. The summed E-state index contributed by atoms with van der Waals surface area (Å²) < 4.78 is 33.3. The number of alkyl halides is 2. The van der Waals surface area contributed by atoms with E-state index in [0.717, 1.165) is 11.1 Å². The molecule has 0 saturated carbocycles. The number of benzene rings is 1. The number of carbonyl (C=O) groups excluding carboxylic acids is 1. The minimum Gasteiger partial charge on any atom is -0.459 e. The van der Waals surface area contributed by atoms with Gasteiger partial charge in [0, 0.05) is 12.1 Å². The first-order valence-corrected chi connectivity index (χ1v) is 6.42. The van der Waals surface area contributed by atoms with Crippen molar-refractivity contribution in [2.24, 2.45) is 0 Å². The average molecular weight is 295 g/mol. The molecule has 0 aliphatic heterocycles.